The SMILES string of the molecule is N#Cc1cccc(C(=O)N(CC2CC2)C2CCN(Cc3ccncc3)CC2)c1. The van der Waals surface area contributed by atoms with Gasteiger partial charge in [0.25, 0.3) is 5.91 Å². The molecule has 1 aliphatic heterocycles. The quantitative estimate of drug-likeness (QED) is 0.777. The first-order chi connectivity index (χ1) is 13.7. The van der Waals surface area contributed by atoms with Gasteiger partial charge in [-0.3, -0.25) is 14.7 Å². The summed E-state index contributed by atoms with van der Waals surface area (Å²) in [4.78, 5) is 21.9. The number of amides is 1. The second-order valence-electron chi connectivity index (χ2n) is 7.96. The van der Waals surface area contributed by atoms with Crippen LogP contribution in [0.15, 0.2) is 48.8 Å². The molecule has 1 saturated heterocycles. The highest BCUT2D eigenvalue weighted by molar-refractivity contribution is 5.94. The molecular weight excluding hydrogens is 348 g/mol. The van der Waals surface area contributed by atoms with E-state index in [2.05, 4.69) is 33.0 Å². The van der Waals surface area contributed by atoms with E-state index in [1.165, 1.54) is 18.4 Å². The van der Waals surface area contributed by atoms with E-state index in [0.29, 0.717) is 17.0 Å². The van der Waals surface area contributed by atoms with E-state index in [1.54, 1.807) is 18.2 Å². The van der Waals surface area contributed by atoms with Crippen molar-refractivity contribution in [2.24, 2.45) is 5.92 Å². The van der Waals surface area contributed by atoms with Gasteiger partial charge in [-0.2, -0.15) is 5.26 Å². The number of benzene rings is 1. The molecule has 0 spiro atoms. The number of hydrogen-bond acceptors (Lipinski definition) is 4. The van der Waals surface area contributed by atoms with Gasteiger partial charge in [-0.25, -0.2) is 0 Å². The van der Waals surface area contributed by atoms with Crippen LogP contribution in [-0.4, -0.2) is 46.4 Å². The van der Waals surface area contributed by atoms with Crippen LogP contribution in [-0.2, 0) is 6.54 Å². The summed E-state index contributed by atoms with van der Waals surface area (Å²) in [6, 6.07) is 13.7. The molecule has 1 aromatic heterocycles. The lowest BCUT2D eigenvalue weighted by Gasteiger charge is -2.39. The van der Waals surface area contributed by atoms with Crippen LogP contribution in [0.3, 0.4) is 0 Å². The fraction of sp³-hybridized carbons (Fsp3) is 0.435. The Kier molecular flexibility index (Phi) is 5.68. The third kappa shape index (κ3) is 4.58. The Morgan fingerprint density at radius 1 is 1.14 bits per heavy atom. The maximum atomic E-state index is 13.2. The number of nitrogens with zero attached hydrogens (tertiary/aromatic N) is 4. The second-order valence-corrected chi connectivity index (χ2v) is 7.96. The zero-order valence-corrected chi connectivity index (χ0v) is 16.1. The lowest BCUT2D eigenvalue weighted by molar-refractivity contribution is 0.0552. The van der Waals surface area contributed by atoms with Gasteiger partial charge in [0, 0.05) is 50.2 Å². The van der Waals surface area contributed by atoms with E-state index < -0.39 is 0 Å². The topological polar surface area (TPSA) is 60.2 Å². The lowest BCUT2D eigenvalue weighted by atomic mass is 10.0. The number of piperidine rings is 1. The van der Waals surface area contributed by atoms with Gasteiger partial charge in [0.15, 0.2) is 0 Å². The summed E-state index contributed by atoms with van der Waals surface area (Å²) in [5.74, 6) is 0.731. The fourth-order valence-electron chi connectivity index (χ4n) is 4.00. The average Bonchev–Trinajstić information content (AvgIpc) is 3.57. The van der Waals surface area contributed by atoms with Gasteiger partial charge < -0.3 is 4.90 Å². The molecule has 4 rings (SSSR count). The van der Waals surface area contributed by atoms with Crippen LogP contribution in [0.1, 0.15) is 47.2 Å². The molecule has 0 N–H and O–H groups in total. The highest BCUT2D eigenvalue weighted by atomic mass is 16.2. The zero-order chi connectivity index (χ0) is 19.3. The summed E-state index contributed by atoms with van der Waals surface area (Å²) in [6.07, 6.45) is 8.13. The van der Waals surface area contributed by atoms with E-state index in [-0.39, 0.29) is 11.9 Å². The summed E-state index contributed by atoms with van der Waals surface area (Å²) in [5, 5.41) is 9.15. The number of nitriles is 1. The Labute approximate surface area is 166 Å². The minimum atomic E-state index is 0.0802. The van der Waals surface area contributed by atoms with Crippen LogP contribution >= 0.6 is 0 Å². The van der Waals surface area contributed by atoms with Crippen LogP contribution < -0.4 is 0 Å². The molecule has 0 bridgehead atoms. The van der Waals surface area contributed by atoms with E-state index in [0.717, 1.165) is 39.0 Å². The summed E-state index contributed by atoms with van der Waals surface area (Å²) in [6.45, 7) is 3.79. The van der Waals surface area contributed by atoms with Crippen LogP contribution in [0, 0.1) is 17.2 Å². The smallest absolute Gasteiger partial charge is 0.254 e. The van der Waals surface area contributed by atoms with Crippen molar-refractivity contribution in [2.75, 3.05) is 19.6 Å². The van der Waals surface area contributed by atoms with Crippen molar-refractivity contribution in [3.8, 4) is 6.07 Å². The fourth-order valence-corrected chi connectivity index (χ4v) is 4.00. The maximum Gasteiger partial charge on any atom is 0.254 e. The number of pyridine rings is 1. The molecule has 28 heavy (non-hydrogen) atoms. The monoisotopic (exact) mass is 374 g/mol. The van der Waals surface area contributed by atoms with Crippen LogP contribution in [0.4, 0.5) is 0 Å². The Hall–Kier alpha value is -2.71. The van der Waals surface area contributed by atoms with Crippen molar-refractivity contribution in [1.82, 2.24) is 14.8 Å². The number of carbonyl (C=O) groups is 1. The predicted octanol–water partition coefficient (Wildman–Crippen LogP) is 3.47. The lowest BCUT2D eigenvalue weighted by Crippen LogP contribution is -2.48. The van der Waals surface area contributed by atoms with Crippen molar-refractivity contribution < 1.29 is 4.79 Å². The average molecular weight is 374 g/mol. The van der Waals surface area contributed by atoms with Gasteiger partial charge in [-0.05, 0) is 67.5 Å². The molecule has 1 saturated carbocycles. The van der Waals surface area contributed by atoms with Crippen molar-refractivity contribution >= 4 is 5.91 Å². The van der Waals surface area contributed by atoms with Crippen molar-refractivity contribution in [3.05, 3.63) is 65.5 Å². The van der Waals surface area contributed by atoms with Crippen LogP contribution in [0.5, 0.6) is 0 Å². The van der Waals surface area contributed by atoms with Crippen molar-refractivity contribution in [2.45, 2.75) is 38.3 Å². The Morgan fingerprint density at radius 3 is 2.57 bits per heavy atom. The number of carbonyl (C=O) groups excluding carboxylic acids is 1. The van der Waals surface area contributed by atoms with Gasteiger partial charge in [-0.15, -0.1) is 0 Å². The van der Waals surface area contributed by atoms with E-state index in [4.69, 9.17) is 5.26 Å². The first kappa shape index (κ1) is 18.6. The summed E-state index contributed by atoms with van der Waals surface area (Å²) in [7, 11) is 0. The first-order valence-electron chi connectivity index (χ1n) is 10.2. The summed E-state index contributed by atoms with van der Waals surface area (Å²) >= 11 is 0. The Bertz CT molecular complexity index is 848. The molecule has 2 fully saturated rings. The van der Waals surface area contributed by atoms with Gasteiger partial charge in [-0.1, -0.05) is 6.07 Å². The largest absolute Gasteiger partial charge is 0.335 e. The van der Waals surface area contributed by atoms with E-state index in [1.807, 2.05) is 18.5 Å². The minimum Gasteiger partial charge on any atom is -0.335 e. The molecule has 2 heterocycles. The van der Waals surface area contributed by atoms with Crippen molar-refractivity contribution in [1.29, 1.82) is 5.26 Å². The molecule has 1 amide bonds. The summed E-state index contributed by atoms with van der Waals surface area (Å²) in [5.41, 5.74) is 2.47. The highest BCUT2D eigenvalue weighted by Crippen LogP contribution is 2.32. The molecule has 0 atom stereocenters. The Balaban J connectivity index is 1.42. The minimum absolute atomic E-state index is 0.0802. The van der Waals surface area contributed by atoms with Crippen LogP contribution in [0.2, 0.25) is 0 Å². The van der Waals surface area contributed by atoms with E-state index in [9.17, 15) is 4.79 Å². The number of likely N-dealkylation sites (tertiary alicyclic amines) is 1. The Morgan fingerprint density at radius 2 is 1.89 bits per heavy atom. The molecular formula is C23H26N4O. The van der Waals surface area contributed by atoms with Gasteiger partial charge in [0.05, 0.1) is 11.6 Å². The predicted molar refractivity (Wildman–Crippen MR) is 107 cm³/mol. The molecule has 1 aromatic carbocycles. The third-order valence-electron chi connectivity index (χ3n) is 5.80. The molecule has 144 valence electrons. The molecule has 0 unspecified atom stereocenters. The normalized spacial score (nSPS) is 17.8. The number of hydrogen-bond donors (Lipinski definition) is 0. The molecule has 1 aliphatic carbocycles. The van der Waals surface area contributed by atoms with Gasteiger partial charge >= 0.3 is 0 Å². The number of rotatable bonds is 6. The zero-order valence-electron chi connectivity index (χ0n) is 16.1. The molecule has 5 nitrogen and oxygen atoms in total. The second kappa shape index (κ2) is 8.53. The van der Waals surface area contributed by atoms with Crippen molar-refractivity contribution in [3.63, 3.8) is 0 Å². The third-order valence-corrected chi connectivity index (χ3v) is 5.80. The van der Waals surface area contributed by atoms with Crippen LogP contribution in [0.25, 0.3) is 0 Å². The highest BCUT2D eigenvalue weighted by Gasteiger charge is 2.33. The summed E-state index contributed by atoms with van der Waals surface area (Å²) < 4.78 is 0. The van der Waals surface area contributed by atoms with Gasteiger partial charge in [0.1, 0.15) is 0 Å². The molecule has 2 aliphatic rings. The molecule has 0 radical (unpaired) electrons. The molecule has 5 heteroatoms. The first-order valence-corrected chi connectivity index (χ1v) is 10.2. The van der Waals surface area contributed by atoms with E-state index >= 15 is 0 Å². The molecule has 2 aromatic rings. The van der Waals surface area contributed by atoms with Gasteiger partial charge in [0.2, 0.25) is 0 Å². The maximum absolute atomic E-state index is 13.2. The number of aromatic nitrogens is 1. The standard InChI is InChI=1S/C23H26N4O/c24-15-20-2-1-3-21(14-20)23(28)27(17-18-4-5-18)22-8-12-26(13-9-22)16-19-6-10-25-11-7-19/h1-3,6-7,10-11,14,18,22H,4-5,8-9,12-13,16-17H2.